The number of hydrogen-bond donors (Lipinski definition) is 0. The van der Waals surface area contributed by atoms with Gasteiger partial charge in [-0.15, -0.1) is 0 Å². The van der Waals surface area contributed by atoms with E-state index in [0.29, 0.717) is 0 Å². The molecule has 0 heterocycles. The molecule has 0 aromatic heterocycles. The third-order valence-corrected chi connectivity index (χ3v) is 0. The van der Waals surface area contributed by atoms with Gasteiger partial charge in [0.2, 0.25) is 0 Å². The van der Waals surface area contributed by atoms with Gasteiger partial charge in [0.15, 0.2) is 0 Å². The maximum absolute atomic E-state index is 8.89. The molecule has 19 heavy (non-hydrogen) atoms. The van der Waals surface area contributed by atoms with Gasteiger partial charge in [-0.05, 0) is 25.4 Å². The fourth-order valence-corrected chi connectivity index (χ4v) is 0. The number of rotatable bonds is 0. The van der Waals surface area contributed by atoms with Crippen LogP contribution in [0.25, 0.3) is 0 Å². The molecule has 0 aromatic rings. The molecule has 0 bridgehead atoms. The molecular weight excluding hydrogens is 387 g/mol. The van der Waals surface area contributed by atoms with Gasteiger partial charge in [-0.3, -0.25) is 0 Å². The molecule has 0 saturated heterocycles. The van der Waals surface area contributed by atoms with E-state index >= 15 is 0 Å². The van der Waals surface area contributed by atoms with Crippen molar-refractivity contribution in [2.75, 3.05) is 0 Å². The minimum atomic E-state index is -2.33. The average Bonchev–Trinajstić information content (AvgIpc) is 1.76. The third-order valence-electron chi connectivity index (χ3n) is 0. The smallest absolute Gasteiger partial charge is 0.652 e. The van der Waals surface area contributed by atoms with Crippen molar-refractivity contribution in [3.05, 3.63) is 0 Å². The molecule has 0 aliphatic rings. The summed E-state index contributed by atoms with van der Waals surface area (Å²) in [6.07, 6.45) is -7.00. The fourth-order valence-electron chi connectivity index (χ4n) is 0. The van der Waals surface area contributed by atoms with Crippen molar-refractivity contribution in [1.29, 1.82) is 0 Å². The predicted molar refractivity (Wildman–Crippen MR) is 26.9 cm³/mol. The fraction of sp³-hybridized carbons (Fsp3) is 0.200. The first kappa shape index (κ1) is 42.8. The van der Waals surface area contributed by atoms with Crippen LogP contribution in [0.2, 0.25) is 0 Å². The van der Waals surface area contributed by atoms with Gasteiger partial charge >= 0.3 is 85.5 Å². The van der Waals surface area contributed by atoms with Crippen LogP contribution in [0.15, 0.2) is 0 Å². The summed E-state index contributed by atoms with van der Waals surface area (Å²) >= 11 is 0. The Balaban J connectivity index is -0.0000000192. The molecule has 0 aliphatic heterocycles. The second-order valence-corrected chi connectivity index (χ2v) is 1.24. The second kappa shape index (κ2) is 36.1. The number of carboxylic acid groups (broad SMARTS) is 7. The summed E-state index contributed by atoms with van der Waals surface area (Å²) in [4.78, 5) is 33.9. The summed E-state index contributed by atoms with van der Waals surface area (Å²) in [6.45, 7) is 0.972. The maximum atomic E-state index is 8.89. The van der Waals surface area contributed by atoms with Gasteiger partial charge in [0.05, 0.1) is 0 Å². The van der Waals surface area contributed by atoms with Crippen LogP contribution in [0.3, 0.4) is 0 Å². The minimum absolute atomic E-state index is 0. The van der Waals surface area contributed by atoms with Gasteiger partial charge in [0, 0.05) is 5.97 Å². The van der Waals surface area contributed by atoms with E-state index in [1.165, 1.54) is 0 Å². The molecule has 0 fully saturated rings. The minimum Gasteiger partial charge on any atom is -0.652 e. The van der Waals surface area contributed by atoms with Crippen LogP contribution in [0.5, 0.6) is 0 Å². The SMILES string of the molecule is CC(=O)[O-].O=C([O-])[O-].O=C([O-])[O-].O=C([O-])[O-].[Fe+3].[Fe+3].[K+]. The Hall–Kier alpha value is -0.0447. The van der Waals surface area contributed by atoms with E-state index in [9.17, 15) is 0 Å². The van der Waals surface area contributed by atoms with E-state index in [2.05, 4.69) is 0 Å². The Labute approximate surface area is 170 Å². The van der Waals surface area contributed by atoms with Crippen molar-refractivity contribution in [2.24, 2.45) is 0 Å². The molecule has 14 heteroatoms. The molecule has 0 N–H and O–H groups in total. The van der Waals surface area contributed by atoms with Crippen molar-refractivity contribution in [1.82, 2.24) is 0 Å². The number of carbonyl (C=O) groups excluding carboxylic acids is 4. The Morgan fingerprint density at radius 2 is 0.579 bits per heavy atom. The Bertz CT molecular complexity index is 169. The van der Waals surface area contributed by atoms with Crippen LogP contribution in [0, 0.1) is 0 Å². The van der Waals surface area contributed by atoms with E-state index in [-0.39, 0.29) is 85.5 Å². The second-order valence-electron chi connectivity index (χ2n) is 1.24. The normalized spacial score (nSPS) is 5.11. The molecule has 0 atom stereocenters. The number of hydrogen-bond acceptors (Lipinski definition) is 11. The maximum Gasteiger partial charge on any atom is 3.00 e. The zero-order valence-corrected chi connectivity index (χ0v) is 14.5. The quantitative estimate of drug-likeness (QED) is 0.352. The Kier molecular flexibility index (Phi) is 81.3. The summed E-state index contributed by atoms with van der Waals surface area (Å²) in [5, 5.41) is 58.9. The number of carboxylic acids is 1. The van der Waals surface area contributed by atoms with Crippen molar-refractivity contribution < 1.29 is 140 Å². The first-order valence-corrected chi connectivity index (χ1v) is 2.75. The topological polar surface area (TPSA) is 230 Å². The summed E-state index contributed by atoms with van der Waals surface area (Å²) < 4.78 is 0. The van der Waals surface area contributed by atoms with E-state index < -0.39 is 24.4 Å². The Morgan fingerprint density at radius 3 is 0.579 bits per heavy atom. The molecule has 2 radical (unpaired) electrons. The van der Waals surface area contributed by atoms with Crippen molar-refractivity contribution in [2.45, 2.75) is 6.92 Å². The predicted octanol–water partition coefficient (Wildman–Crippen LogP) is -11.6. The van der Waals surface area contributed by atoms with Gasteiger partial charge in [0.25, 0.3) is 0 Å². The van der Waals surface area contributed by atoms with Gasteiger partial charge < -0.3 is 54.9 Å². The van der Waals surface area contributed by atoms with Crippen LogP contribution in [-0.2, 0) is 38.9 Å². The average molecular weight is 390 g/mol. The number of carbonyl (C=O) groups is 4. The van der Waals surface area contributed by atoms with Crippen molar-refractivity contribution >= 4 is 24.4 Å². The van der Waals surface area contributed by atoms with Gasteiger partial charge in [-0.1, -0.05) is 0 Å². The van der Waals surface area contributed by atoms with Crippen LogP contribution in [0.1, 0.15) is 6.92 Å². The summed E-state index contributed by atoms with van der Waals surface area (Å²) in [5.74, 6) is -1.08. The molecule has 0 aliphatic carbocycles. The molecule has 0 spiro atoms. The van der Waals surface area contributed by atoms with Crippen LogP contribution in [-0.4, -0.2) is 24.4 Å². The molecule has 0 unspecified atom stereocenters. The van der Waals surface area contributed by atoms with Crippen LogP contribution >= 0.6 is 0 Å². The summed E-state index contributed by atoms with van der Waals surface area (Å²) in [7, 11) is 0. The van der Waals surface area contributed by atoms with E-state index in [1.807, 2.05) is 0 Å². The zero-order valence-electron chi connectivity index (χ0n) is 9.20. The van der Waals surface area contributed by atoms with Gasteiger partial charge in [0.1, 0.15) is 0 Å². The first-order chi connectivity index (χ1) is 6.93. The molecule has 0 saturated carbocycles. The zero-order chi connectivity index (χ0) is 14.3. The van der Waals surface area contributed by atoms with Crippen LogP contribution in [0.4, 0.5) is 14.4 Å². The molecule has 0 rings (SSSR count). The number of aliphatic carboxylic acids is 1. The van der Waals surface area contributed by atoms with E-state index in [0.717, 1.165) is 6.92 Å². The molecular formula is C5H3Fe2KO11. The molecule has 0 amide bonds. The van der Waals surface area contributed by atoms with E-state index in [1.54, 1.807) is 0 Å². The summed E-state index contributed by atoms with van der Waals surface area (Å²) in [5.41, 5.74) is 0. The monoisotopic (exact) mass is 390 g/mol. The standard InChI is InChI=1S/C2H4O2.3CH2O3.2Fe.K/c1-2(3)4;3*2-1(3)4;;;/h1H3,(H,3,4);3*(H2,2,3,4);;;/q;;;;2*+3;+1/p-7. The van der Waals surface area contributed by atoms with Crippen LogP contribution < -0.4 is 87.1 Å². The molecule has 0 aromatic carbocycles. The third kappa shape index (κ3) is 2290000. The van der Waals surface area contributed by atoms with Crippen molar-refractivity contribution in [3.8, 4) is 0 Å². The Morgan fingerprint density at radius 1 is 0.579 bits per heavy atom. The first-order valence-electron chi connectivity index (χ1n) is 2.75. The van der Waals surface area contributed by atoms with E-state index in [4.69, 9.17) is 54.9 Å². The summed E-state index contributed by atoms with van der Waals surface area (Å²) in [6, 6.07) is 0. The van der Waals surface area contributed by atoms with Crippen molar-refractivity contribution in [3.63, 3.8) is 0 Å². The van der Waals surface area contributed by atoms with Gasteiger partial charge in [-0.2, -0.15) is 0 Å². The van der Waals surface area contributed by atoms with Gasteiger partial charge in [-0.25, -0.2) is 0 Å². The largest absolute Gasteiger partial charge is 3.00 e. The molecule has 11 nitrogen and oxygen atoms in total. The molecule has 106 valence electrons.